The van der Waals surface area contributed by atoms with Gasteiger partial charge >= 0.3 is 6.09 Å². The molecule has 2 aromatic rings. The third-order valence-electron chi connectivity index (χ3n) is 3.74. The first-order valence-corrected chi connectivity index (χ1v) is 8.09. The Morgan fingerprint density at radius 1 is 1.36 bits per heavy atom. The Morgan fingerprint density at radius 2 is 2.16 bits per heavy atom. The molecule has 2 amide bonds. The summed E-state index contributed by atoms with van der Waals surface area (Å²) in [6, 6.07) is 3.39. The molecule has 8 nitrogen and oxygen atoms in total. The number of ether oxygens (including phenoxy) is 1. The second-order valence-electron chi connectivity index (χ2n) is 6.88. The van der Waals surface area contributed by atoms with Crippen LogP contribution in [0.15, 0.2) is 24.5 Å². The fourth-order valence-electron chi connectivity index (χ4n) is 2.58. The quantitative estimate of drug-likeness (QED) is 0.872. The second-order valence-corrected chi connectivity index (χ2v) is 6.88. The standard InChI is InChI=1S/C17H21N5O3/c1-17(2,3)25-16(24)22-8-6-12-13(10-22)20-21-14(12)19-15(23)11-5-4-7-18-9-11/h4-5,7,9H,6,8,10H2,1-3H3,(H2,19,20,21,23). The number of anilines is 1. The monoisotopic (exact) mass is 343 g/mol. The number of rotatable bonds is 2. The van der Waals surface area contributed by atoms with Crippen molar-refractivity contribution in [2.24, 2.45) is 0 Å². The summed E-state index contributed by atoms with van der Waals surface area (Å²) >= 11 is 0. The van der Waals surface area contributed by atoms with Crippen molar-refractivity contribution >= 4 is 17.8 Å². The summed E-state index contributed by atoms with van der Waals surface area (Å²) in [5.74, 6) is 0.227. The van der Waals surface area contributed by atoms with Crippen molar-refractivity contribution in [3.63, 3.8) is 0 Å². The largest absolute Gasteiger partial charge is 0.444 e. The molecule has 0 saturated carbocycles. The highest BCUT2D eigenvalue weighted by atomic mass is 16.6. The molecule has 25 heavy (non-hydrogen) atoms. The molecule has 0 atom stereocenters. The molecule has 1 aliphatic heterocycles. The lowest BCUT2D eigenvalue weighted by atomic mass is 10.1. The van der Waals surface area contributed by atoms with Crippen LogP contribution >= 0.6 is 0 Å². The zero-order valence-corrected chi connectivity index (χ0v) is 14.5. The van der Waals surface area contributed by atoms with Crippen molar-refractivity contribution in [3.05, 3.63) is 41.3 Å². The molecular weight excluding hydrogens is 322 g/mol. The van der Waals surface area contributed by atoms with E-state index in [2.05, 4.69) is 20.5 Å². The number of carbonyl (C=O) groups is 2. The minimum atomic E-state index is -0.534. The summed E-state index contributed by atoms with van der Waals surface area (Å²) in [4.78, 5) is 30.0. The van der Waals surface area contributed by atoms with E-state index >= 15 is 0 Å². The number of hydrogen-bond acceptors (Lipinski definition) is 5. The maximum absolute atomic E-state index is 12.2. The lowest BCUT2D eigenvalue weighted by Gasteiger charge is -2.29. The van der Waals surface area contributed by atoms with Crippen molar-refractivity contribution in [2.75, 3.05) is 11.9 Å². The molecule has 0 aliphatic carbocycles. The Balaban J connectivity index is 1.69. The van der Waals surface area contributed by atoms with Crippen LogP contribution in [0.2, 0.25) is 0 Å². The number of H-pyrrole nitrogens is 1. The summed E-state index contributed by atoms with van der Waals surface area (Å²) in [7, 11) is 0. The van der Waals surface area contributed by atoms with E-state index in [1.54, 1.807) is 23.2 Å². The highest BCUT2D eigenvalue weighted by Gasteiger charge is 2.28. The van der Waals surface area contributed by atoms with Gasteiger partial charge in [-0.15, -0.1) is 0 Å². The molecule has 0 spiro atoms. The van der Waals surface area contributed by atoms with Gasteiger partial charge in [-0.25, -0.2) is 4.79 Å². The normalized spacial score (nSPS) is 14.0. The first kappa shape index (κ1) is 16.9. The van der Waals surface area contributed by atoms with Crippen LogP contribution in [0.1, 0.15) is 42.4 Å². The number of nitrogens with one attached hydrogen (secondary N) is 2. The smallest absolute Gasteiger partial charge is 0.410 e. The molecule has 0 saturated heterocycles. The van der Waals surface area contributed by atoms with Gasteiger partial charge in [0.05, 0.1) is 17.8 Å². The fraction of sp³-hybridized carbons (Fsp3) is 0.412. The van der Waals surface area contributed by atoms with Crippen molar-refractivity contribution in [1.82, 2.24) is 20.1 Å². The molecular formula is C17H21N5O3. The van der Waals surface area contributed by atoms with Crippen molar-refractivity contribution < 1.29 is 14.3 Å². The Morgan fingerprint density at radius 3 is 2.84 bits per heavy atom. The highest BCUT2D eigenvalue weighted by molar-refractivity contribution is 6.03. The number of carbonyl (C=O) groups excluding carboxylic acids is 2. The topological polar surface area (TPSA) is 100 Å². The summed E-state index contributed by atoms with van der Waals surface area (Å²) in [6.07, 6.45) is 3.35. The van der Waals surface area contributed by atoms with Crippen LogP contribution in [0.25, 0.3) is 0 Å². The molecule has 2 aromatic heterocycles. The van der Waals surface area contributed by atoms with E-state index in [-0.39, 0.29) is 12.0 Å². The molecule has 0 unspecified atom stereocenters. The number of pyridine rings is 1. The van der Waals surface area contributed by atoms with Gasteiger partial charge in [-0.2, -0.15) is 5.10 Å². The van der Waals surface area contributed by atoms with Gasteiger partial charge < -0.3 is 15.0 Å². The van der Waals surface area contributed by atoms with Crippen LogP contribution < -0.4 is 5.32 Å². The number of fused-ring (bicyclic) bond motifs is 1. The number of hydrogen-bond donors (Lipinski definition) is 2. The van der Waals surface area contributed by atoms with Crippen LogP contribution in [0.3, 0.4) is 0 Å². The lowest BCUT2D eigenvalue weighted by Crippen LogP contribution is -2.39. The summed E-state index contributed by atoms with van der Waals surface area (Å²) < 4.78 is 5.40. The van der Waals surface area contributed by atoms with Gasteiger partial charge in [0.25, 0.3) is 5.91 Å². The zero-order chi connectivity index (χ0) is 18.0. The molecule has 2 N–H and O–H groups in total. The summed E-state index contributed by atoms with van der Waals surface area (Å²) in [6.45, 7) is 6.39. The number of aromatic amines is 1. The average Bonchev–Trinajstić information content (AvgIpc) is 2.96. The van der Waals surface area contributed by atoms with Crippen LogP contribution in [0, 0.1) is 0 Å². The van der Waals surface area contributed by atoms with E-state index in [9.17, 15) is 9.59 Å². The van der Waals surface area contributed by atoms with Crippen molar-refractivity contribution in [1.29, 1.82) is 0 Å². The molecule has 0 radical (unpaired) electrons. The minimum absolute atomic E-state index is 0.267. The Hall–Kier alpha value is -2.90. The van der Waals surface area contributed by atoms with Crippen molar-refractivity contribution in [3.8, 4) is 0 Å². The van der Waals surface area contributed by atoms with Gasteiger partial charge in [-0.3, -0.25) is 14.9 Å². The van der Waals surface area contributed by atoms with E-state index in [1.165, 1.54) is 6.20 Å². The van der Waals surface area contributed by atoms with E-state index in [1.807, 2.05) is 20.8 Å². The highest BCUT2D eigenvalue weighted by Crippen LogP contribution is 2.25. The first-order chi connectivity index (χ1) is 11.8. The van der Waals surface area contributed by atoms with Gasteiger partial charge in [0, 0.05) is 24.5 Å². The molecule has 3 rings (SSSR count). The molecule has 0 bridgehead atoms. The summed E-state index contributed by atoms with van der Waals surface area (Å²) in [5.41, 5.74) is 1.65. The third kappa shape index (κ3) is 3.96. The lowest BCUT2D eigenvalue weighted by molar-refractivity contribution is 0.0221. The predicted molar refractivity (Wildman–Crippen MR) is 91.1 cm³/mol. The van der Waals surface area contributed by atoms with Gasteiger partial charge in [-0.05, 0) is 39.3 Å². The second kappa shape index (κ2) is 6.54. The molecule has 1 aliphatic rings. The predicted octanol–water partition coefficient (Wildman–Crippen LogP) is 2.35. The SMILES string of the molecule is CC(C)(C)OC(=O)N1CCc2c(NC(=O)c3cccnc3)n[nH]c2C1. The van der Waals surface area contributed by atoms with Gasteiger partial charge in [0.1, 0.15) is 5.60 Å². The van der Waals surface area contributed by atoms with Gasteiger partial charge in [0.15, 0.2) is 5.82 Å². The molecule has 0 fully saturated rings. The van der Waals surface area contributed by atoms with E-state index in [4.69, 9.17) is 4.74 Å². The van der Waals surface area contributed by atoms with E-state index in [0.29, 0.717) is 30.9 Å². The number of nitrogens with zero attached hydrogens (tertiary/aromatic N) is 3. The number of amides is 2. The summed E-state index contributed by atoms with van der Waals surface area (Å²) in [5, 5.41) is 9.87. The first-order valence-electron chi connectivity index (χ1n) is 8.09. The van der Waals surface area contributed by atoms with Crippen molar-refractivity contribution in [2.45, 2.75) is 39.3 Å². The molecule has 132 valence electrons. The maximum atomic E-state index is 12.2. The Bertz CT molecular complexity index is 779. The van der Waals surface area contributed by atoms with Crippen LogP contribution in [-0.4, -0.2) is 44.2 Å². The van der Waals surface area contributed by atoms with Crippen LogP contribution in [0.4, 0.5) is 10.6 Å². The maximum Gasteiger partial charge on any atom is 0.410 e. The third-order valence-corrected chi connectivity index (χ3v) is 3.74. The van der Waals surface area contributed by atoms with Crippen LogP contribution in [-0.2, 0) is 17.7 Å². The van der Waals surface area contributed by atoms with E-state index in [0.717, 1.165) is 11.3 Å². The van der Waals surface area contributed by atoms with Crippen LogP contribution in [0.5, 0.6) is 0 Å². The van der Waals surface area contributed by atoms with E-state index < -0.39 is 5.60 Å². The zero-order valence-electron chi connectivity index (χ0n) is 14.5. The van der Waals surface area contributed by atoms with Gasteiger partial charge in [-0.1, -0.05) is 0 Å². The molecule has 3 heterocycles. The van der Waals surface area contributed by atoms with Gasteiger partial charge in [0.2, 0.25) is 0 Å². The Labute approximate surface area is 145 Å². The fourth-order valence-corrected chi connectivity index (χ4v) is 2.58. The Kier molecular flexibility index (Phi) is 4.43. The number of aromatic nitrogens is 3. The molecule has 0 aromatic carbocycles. The minimum Gasteiger partial charge on any atom is -0.444 e. The molecule has 8 heteroatoms. The average molecular weight is 343 g/mol.